The van der Waals surface area contributed by atoms with Crippen molar-refractivity contribution < 1.29 is 9.18 Å². The van der Waals surface area contributed by atoms with Crippen molar-refractivity contribution in [3.8, 4) is 11.1 Å². The molecule has 0 fully saturated rings. The molecule has 7 heteroatoms. The number of nitrogens with zero attached hydrogens (tertiary/aromatic N) is 3. The minimum atomic E-state index is -0.343. The molecule has 1 unspecified atom stereocenters. The first-order valence-electron chi connectivity index (χ1n) is 7.42. The predicted molar refractivity (Wildman–Crippen MR) is 86.6 cm³/mol. The van der Waals surface area contributed by atoms with Gasteiger partial charge in [0.1, 0.15) is 18.0 Å². The number of carbonyl (C=O) groups excluding carboxylic acids is 1. The van der Waals surface area contributed by atoms with Crippen molar-refractivity contribution in [1.29, 1.82) is 0 Å². The van der Waals surface area contributed by atoms with Crippen molar-refractivity contribution >= 4 is 5.91 Å². The van der Waals surface area contributed by atoms with Crippen molar-refractivity contribution in [1.82, 2.24) is 25.5 Å². The molecule has 0 aliphatic rings. The van der Waals surface area contributed by atoms with Crippen LogP contribution in [0, 0.1) is 12.7 Å². The van der Waals surface area contributed by atoms with Gasteiger partial charge < -0.3 is 5.32 Å². The lowest BCUT2D eigenvalue weighted by Crippen LogP contribution is -2.27. The van der Waals surface area contributed by atoms with E-state index in [1.54, 1.807) is 19.1 Å². The Bertz CT molecular complexity index is 863. The number of halogens is 1. The Kier molecular flexibility index (Phi) is 4.33. The summed E-state index contributed by atoms with van der Waals surface area (Å²) in [5, 5.41) is 9.25. The number of hydrogen-bond acceptors (Lipinski definition) is 4. The van der Waals surface area contributed by atoms with E-state index in [9.17, 15) is 9.18 Å². The molecule has 0 radical (unpaired) electrons. The van der Waals surface area contributed by atoms with Gasteiger partial charge in [-0.05, 0) is 31.5 Å². The molecule has 0 aliphatic heterocycles. The van der Waals surface area contributed by atoms with Crippen LogP contribution < -0.4 is 5.32 Å². The molecular formula is C17H16FN5O. The van der Waals surface area contributed by atoms with E-state index in [0.29, 0.717) is 22.5 Å². The first-order chi connectivity index (χ1) is 11.5. The summed E-state index contributed by atoms with van der Waals surface area (Å²) in [6, 6.07) is 6.23. The van der Waals surface area contributed by atoms with Gasteiger partial charge in [0.2, 0.25) is 0 Å². The lowest BCUT2D eigenvalue weighted by molar-refractivity contribution is 0.0938. The maximum Gasteiger partial charge on any atom is 0.253 e. The van der Waals surface area contributed by atoms with E-state index in [1.165, 1.54) is 24.8 Å². The second kappa shape index (κ2) is 6.57. The maximum absolute atomic E-state index is 14.1. The summed E-state index contributed by atoms with van der Waals surface area (Å²) in [6.45, 7) is 3.61. The fraction of sp³-hybridized carbons (Fsp3) is 0.176. The normalized spacial score (nSPS) is 12.0. The molecule has 1 atom stereocenters. The highest BCUT2D eigenvalue weighted by Crippen LogP contribution is 2.23. The number of rotatable bonds is 4. The van der Waals surface area contributed by atoms with E-state index < -0.39 is 0 Å². The summed E-state index contributed by atoms with van der Waals surface area (Å²) in [7, 11) is 0. The van der Waals surface area contributed by atoms with Gasteiger partial charge in [0.25, 0.3) is 5.91 Å². The summed E-state index contributed by atoms with van der Waals surface area (Å²) in [5.41, 5.74) is 2.14. The van der Waals surface area contributed by atoms with Gasteiger partial charge in [0, 0.05) is 23.5 Å². The SMILES string of the molecule is Cc1ccc(-c2cncc(C(=O)NC(C)c3ncn[nH]3)c2)c(F)c1. The zero-order valence-electron chi connectivity index (χ0n) is 13.2. The molecule has 0 spiro atoms. The molecule has 122 valence electrons. The first kappa shape index (κ1) is 15.8. The Hall–Kier alpha value is -3.09. The largest absolute Gasteiger partial charge is 0.342 e. The maximum atomic E-state index is 14.1. The average Bonchev–Trinajstić information content (AvgIpc) is 3.09. The number of H-pyrrole nitrogens is 1. The van der Waals surface area contributed by atoms with Crippen molar-refractivity contribution in [2.24, 2.45) is 0 Å². The topological polar surface area (TPSA) is 83.6 Å². The summed E-state index contributed by atoms with van der Waals surface area (Å²) in [6.07, 6.45) is 4.35. The van der Waals surface area contributed by atoms with Gasteiger partial charge in [0.05, 0.1) is 11.6 Å². The minimum Gasteiger partial charge on any atom is -0.342 e. The minimum absolute atomic E-state index is 0.319. The van der Waals surface area contributed by atoms with E-state index in [0.717, 1.165) is 5.56 Å². The van der Waals surface area contributed by atoms with E-state index in [1.807, 2.05) is 13.0 Å². The van der Waals surface area contributed by atoms with Crippen LogP contribution in [0.5, 0.6) is 0 Å². The molecule has 3 aromatic rings. The molecule has 0 aliphatic carbocycles. The van der Waals surface area contributed by atoms with Crippen LogP contribution in [-0.4, -0.2) is 26.1 Å². The Morgan fingerprint density at radius 2 is 2.12 bits per heavy atom. The lowest BCUT2D eigenvalue weighted by atomic mass is 10.0. The molecular weight excluding hydrogens is 309 g/mol. The Balaban J connectivity index is 1.83. The van der Waals surface area contributed by atoms with Gasteiger partial charge in [-0.1, -0.05) is 12.1 Å². The number of amides is 1. The number of benzene rings is 1. The highest BCUT2D eigenvalue weighted by Gasteiger charge is 2.15. The van der Waals surface area contributed by atoms with E-state index in [4.69, 9.17) is 0 Å². The number of carbonyl (C=O) groups is 1. The fourth-order valence-corrected chi connectivity index (χ4v) is 2.34. The van der Waals surface area contributed by atoms with Crippen LogP contribution in [0.25, 0.3) is 11.1 Å². The Morgan fingerprint density at radius 1 is 1.29 bits per heavy atom. The van der Waals surface area contributed by atoms with Crippen LogP contribution in [-0.2, 0) is 0 Å². The average molecular weight is 325 g/mol. The predicted octanol–water partition coefficient (Wildman–Crippen LogP) is 2.81. The quantitative estimate of drug-likeness (QED) is 0.772. The molecule has 0 saturated carbocycles. The van der Waals surface area contributed by atoms with Gasteiger partial charge in [-0.2, -0.15) is 5.10 Å². The van der Waals surface area contributed by atoms with Crippen LogP contribution >= 0.6 is 0 Å². The monoisotopic (exact) mass is 325 g/mol. The number of aryl methyl sites for hydroxylation is 1. The van der Waals surface area contributed by atoms with Crippen molar-refractivity contribution in [3.05, 3.63) is 65.8 Å². The van der Waals surface area contributed by atoms with E-state index in [2.05, 4.69) is 25.5 Å². The highest BCUT2D eigenvalue weighted by molar-refractivity contribution is 5.95. The van der Waals surface area contributed by atoms with Crippen molar-refractivity contribution in [3.63, 3.8) is 0 Å². The van der Waals surface area contributed by atoms with Crippen molar-refractivity contribution in [2.45, 2.75) is 19.9 Å². The number of nitrogens with one attached hydrogen (secondary N) is 2. The van der Waals surface area contributed by atoms with Crippen LogP contribution in [0.2, 0.25) is 0 Å². The third-order valence-electron chi connectivity index (χ3n) is 3.63. The molecule has 24 heavy (non-hydrogen) atoms. The van der Waals surface area contributed by atoms with E-state index in [-0.39, 0.29) is 17.8 Å². The summed E-state index contributed by atoms with van der Waals surface area (Å²) < 4.78 is 14.1. The fourth-order valence-electron chi connectivity index (χ4n) is 2.34. The Morgan fingerprint density at radius 3 is 2.83 bits per heavy atom. The van der Waals surface area contributed by atoms with Crippen molar-refractivity contribution in [2.75, 3.05) is 0 Å². The molecule has 2 heterocycles. The first-order valence-corrected chi connectivity index (χ1v) is 7.42. The van der Waals surface area contributed by atoms with Gasteiger partial charge in [0.15, 0.2) is 0 Å². The number of pyridine rings is 1. The molecule has 6 nitrogen and oxygen atoms in total. The Labute approximate surface area is 138 Å². The smallest absolute Gasteiger partial charge is 0.253 e. The molecule has 1 amide bonds. The number of aromatic amines is 1. The summed E-state index contributed by atoms with van der Waals surface area (Å²) in [5.74, 6) is -0.109. The number of hydrogen-bond donors (Lipinski definition) is 2. The molecule has 0 bridgehead atoms. The van der Waals surface area contributed by atoms with Gasteiger partial charge in [-0.3, -0.25) is 14.9 Å². The van der Waals surface area contributed by atoms with Gasteiger partial charge in [-0.25, -0.2) is 9.37 Å². The zero-order chi connectivity index (χ0) is 17.1. The second-order valence-electron chi connectivity index (χ2n) is 5.51. The van der Waals surface area contributed by atoms with Gasteiger partial charge >= 0.3 is 0 Å². The summed E-state index contributed by atoms with van der Waals surface area (Å²) >= 11 is 0. The third-order valence-corrected chi connectivity index (χ3v) is 3.63. The van der Waals surface area contributed by atoms with Crippen LogP contribution in [0.3, 0.4) is 0 Å². The zero-order valence-corrected chi connectivity index (χ0v) is 13.2. The molecule has 2 N–H and O–H groups in total. The highest BCUT2D eigenvalue weighted by atomic mass is 19.1. The number of aromatic nitrogens is 4. The van der Waals surface area contributed by atoms with Crippen LogP contribution in [0.15, 0.2) is 43.0 Å². The van der Waals surface area contributed by atoms with Gasteiger partial charge in [-0.15, -0.1) is 0 Å². The van der Waals surface area contributed by atoms with Crippen LogP contribution in [0.4, 0.5) is 4.39 Å². The molecule has 1 aromatic carbocycles. The van der Waals surface area contributed by atoms with Crippen LogP contribution in [0.1, 0.15) is 34.7 Å². The standard InChI is InChI=1S/C17H16FN5O/c1-10-3-4-14(15(18)5-10)12-6-13(8-19-7-12)17(24)22-11(2)16-20-9-21-23-16/h3-9,11H,1-2H3,(H,22,24)(H,20,21,23). The molecule has 3 rings (SSSR count). The van der Waals surface area contributed by atoms with E-state index >= 15 is 0 Å². The molecule has 0 saturated heterocycles. The molecule has 2 aromatic heterocycles. The summed E-state index contributed by atoms with van der Waals surface area (Å²) in [4.78, 5) is 20.4. The third kappa shape index (κ3) is 3.29. The second-order valence-corrected chi connectivity index (χ2v) is 5.51. The lowest BCUT2D eigenvalue weighted by Gasteiger charge is -2.11.